The molecular weight excluding hydrogens is 366 g/mol. The standard InChI is InChI=1S/C24H23NO4/c1-17-23(29-22-14-8-7-13-21(22)28-17)24(26)25-15-18-9-5-6-10-19(18)16-27-20-11-3-2-4-12-20/h2-14,17,23H,15-16H2,1H3,(H,25,26). The molecular formula is C24H23NO4. The number of benzene rings is 3. The molecule has 1 N–H and O–H groups in total. The third-order valence-corrected chi connectivity index (χ3v) is 4.81. The Labute approximate surface area is 170 Å². The molecule has 148 valence electrons. The van der Waals surface area contributed by atoms with E-state index in [0.717, 1.165) is 16.9 Å². The maximum Gasteiger partial charge on any atom is 0.265 e. The molecule has 0 saturated heterocycles. The fraction of sp³-hybridized carbons (Fsp3) is 0.208. The van der Waals surface area contributed by atoms with Gasteiger partial charge in [0, 0.05) is 6.54 Å². The topological polar surface area (TPSA) is 56.8 Å². The number of carbonyl (C=O) groups is 1. The predicted molar refractivity (Wildman–Crippen MR) is 110 cm³/mol. The Hall–Kier alpha value is -3.47. The van der Waals surface area contributed by atoms with Crippen LogP contribution in [0.25, 0.3) is 0 Å². The highest BCUT2D eigenvalue weighted by Gasteiger charge is 2.33. The van der Waals surface area contributed by atoms with Gasteiger partial charge in [0.15, 0.2) is 11.5 Å². The van der Waals surface area contributed by atoms with Crippen LogP contribution in [-0.4, -0.2) is 18.1 Å². The minimum atomic E-state index is -0.697. The Bertz CT molecular complexity index is 973. The molecule has 0 saturated carbocycles. The van der Waals surface area contributed by atoms with Gasteiger partial charge >= 0.3 is 0 Å². The van der Waals surface area contributed by atoms with E-state index in [4.69, 9.17) is 14.2 Å². The molecule has 3 aromatic rings. The molecule has 5 nitrogen and oxygen atoms in total. The van der Waals surface area contributed by atoms with Crippen LogP contribution in [0.5, 0.6) is 17.2 Å². The van der Waals surface area contributed by atoms with E-state index in [1.54, 1.807) is 6.07 Å². The highest BCUT2D eigenvalue weighted by molar-refractivity contribution is 5.82. The van der Waals surface area contributed by atoms with Crippen molar-refractivity contribution in [2.75, 3.05) is 0 Å². The Kier molecular flexibility index (Phi) is 5.66. The zero-order chi connectivity index (χ0) is 20.1. The highest BCUT2D eigenvalue weighted by atomic mass is 16.6. The molecule has 0 fully saturated rings. The summed E-state index contributed by atoms with van der Waals surface area (Å²) >= 11 is 0. The number of ether oxygens (including phenoxy) is 3. The lowest BCUT2D eigenvalue weighted by atomic mass is 10.1. The van der Waals surface area contributed by atoms with Crippen LogP contribution in [0.15, 0.2) is 78.9 Å². The van der Waals surface area contributed by atoms with Gasteiger partial charge in [-0.15, -0.1) is 0 Å². The number of fused-ring (bicyclic) bond motifs is 1. The van der Waals surface area contributed by atoms with Gasteiger partial charge in [0.05, 0.1) is 0 Å². The molecule has 1 heterocycles. The van der Waals surface area contributed by atoms with Gasteiger partial charge in [0.2, 0.25) is 6.10 Å². The average Bonchev–Trinajstić information content (AvgIpc) is 2.77. The molecule has 0 spiro atoms. The van der Waals surface area contributed by atoms with Crippen molar-refractivity contribution in [1.82, 2.24) is 5.32 Å². The van der Waals surface area contributed by atoms with E-state index in [0.29, 0.717) is 24.7 Å². The quantitative estimate of drug-likeness (QED) is 0.689. The van der Waals surface area contributed by atoms with E-state index in [1.165, 1.54) is 0 Å². The minimum Gasteiger partial charge on any atom is -0.489 e. The van der Waals surface area contributed by atoms with Crippen LogP contribution < -0.4 is 19.5 Å². The van der Waals surface area contributed by atoms with Crippen molar-refractivity contribution in [1.29, 1.82) is 0 Å². The molecule has 29 heavy (non-hydrogen) atoms. The first-order valence-corrected chi connectivity index (χ1v) is 9.65. The van der Waals surface area contributed by atoms with Crippen LogP contribution in [0.4, 0.5) is 0 Å². The molecule has 5 heteroatoms. The number of para-hydroxylation sites is 3. The summed E-state index contributed by atoms with van der Waals surface area (Å²) in [5.41, 5.74) is 2.03. The lowest BCUT2D eigenvalue weighted by molar-refractivity contribution is -0.133. The van der Waals surface area contributed by atoms with Gasteiger partial charge in [-0.05, 0) is 42.3 Å². The number of carbonyl (C=O) groups excluding carboxylic acids is 1. The molecule has 1 aliphatic heterocycles. The van der Waals surface area contributed by atoms with Crippen molar-refractivity contribution in [2.45, 2.75) is 32.3 Å². The molecule has 4 rings (SSSR count). The summed E-state index contributed by atoms with van der Waals surface area (Å²) in [5, 5.41) is 2.97. The first-order valence-electron chi connectivity index (χ1n) is 9.65. The normalized spacial score (nSPS) is 17.4. The Morgan fingerprint density at radius 1 is 0.862 bits per heavy atom. The van der Waals surface area contributed by atoms with Gasteiger partial charge in [-0.3, -0.25) is 4.79 Å². The molecule has 1 amide bonds. The maximum atomic E-state index is 12.7. The zero-order valence-electron chi connectivity index (χ0n) is 16.2. The van der Waals surface area contributed by atoms with Crippen LogP contribution in [0.3, 0.4) is 0 Å². The summed E-state index contributed by atoms with van der Waals surface area (Å²) in [4.78, 5) is 12.7. The summed E-state index contributed by atoms with van der Waals surface area (Å²) in [6, 6.07) is 24.9. The Morgan fingerprint density at radius 2 is 1.48 bits per heavy atom. The third kappa shape index (κ3) is 4.51. The SMILES string of the molecule is CC1Oc2ccccc2OC1C(=O)NCc1ccccc1COc1ccccc1. The van der Waals surface area contributed by atoms with Gasteiger partial charge in [0.25, 0.3) is 5.91 Å². The molecule has 1 aliphatic rings. The first kappa shape index (κ1) is 18.9. The first-order chi connectivity index (χ1) is 14.2. The summed E-state index contributed by atoms with van der Waals surface area (Å²) < 4.78 is 17.5. The van der Waals surface area contributed by atoms with Crippen molar-refractivity contribution >= 4 is 5.91 Å². The summed E-state index contributed by atoms with van der Waals surface area (Å²) in [6.45, 7) is 2.66. The van der Waals surface area contributed by atoms with E-state index in [9.17, 15) is 4.79 Å². The Balaban J connectivity index is 1.38. The number of rotatable bonds is 6. The largest absolute Gasteiger partial charge is 0.489 e. The summed E-state index contributed by atoms with van der Waals surface area (Å²) in [7, 11) is 0. The van der Waals surface area contributed by atoms with Crippen molar-refractivity contribution < 1.29 is 19.0 Å². The van der Waals surface area contributed by atoms with Gasteiger partial charge in [-0.2, -0.15) is 0 Å². The Morgan fingerprint density at radius 3 is 2.24 bits per heavy atom. The minimum absolute atomic E-state index is 0.203. The molecule has 0 aromatic heterocycles. The molecule has 0 radical (unpaired) electrons. The second-order valence-corrected chi connectivity index (χ2v) is 6.90. The summed E-state index contributed by atoms with van der Waals surface area (Å²) in [5.74, 6) is 1.85. The lowest BCUT2D eigenvalue weighted by Gasteiger charge is -2.31. The fourth-order valence-electron chi connectivity index (χ4n) is 3.24. The number of hydrogen-bond acceptors (Lipinski definition) is 4. The van der Waals surface area contributed by atoms with E-state index in [-0.39, 0.29) is 12.0 Å². The monoisotopic (exact) mass is 389 g/mol. The maximum absolute atomic E-state index is 12.7. The second-order valence-electron chi connectivity index (χ2n) is 6.90. The lowest BCUT2D eigenvalue weighted by Crippen LogP contribution is -2.48. The van der Waals surface area contributed by atoms with Gasteiger partial charge in [0.1, 0.15) is 18.5 Å². The number of nitrogens with one attached hydrogen (secondary N) is 1. The molecule has 0 bridgehead atoms. The average molecular weight is 389 g/mol. The molecule has 3 aromatic carbocycles. The zero-order valence-corrected chi connectivity index (χ0v) is 16.2. The second kappa shape index (κ2) is 8.69. The number of hydrogen-bond donors (Lipinski definition) is 1. The van der Waals surface area contributed by atoms with Crippen LogP contribution in [0.1, 0.15) is 18.1 Å². The van der Waals surface area contributed by atoms with E-state index in [1.807, 2.05) is 79.7 Å². The smallest absolute Gasteiger partial charge is 0.265 e. The van der Waals surface area contributed by atoms with Crippen LogP contribution in [0, 0.1) is 0 Å². The van der Waals surface area contributed by atoms with Crippen molar-refractivity contribution in [3.05, 3.63) is 90.0 Å². The third-order valence-electron chi connectivity index (χ3n) is 4.81. The van der Waals surface area contributed by atoms with Crippen LogP contribution in [0.2, 0.25) is 0 Å². The highest BCUT2D eigenvalue weighted by Crippen LogP contribution is 2.33. The van der Waals surface area contributed by atoms with Crippen molar-refractivity contribution in [3.63, 3.8) is 0 Å². The predicted octanol–water partition coefficient (Wildman–Crippen LogP) is 4.11. The van der Waals surface area contributed by atoms with Gasteiger partial charge in [-0.1, -0.05) is 54.6 Å². The molecule has 2 unspecified atom stereocenters. The van der Waals surface area contributed by atoms with E-state index >= 15 is 0 Å². The van der Waals surface area contributed by atoms with Crippen molar-refractivity contribution in [2.24, 2.45) is 0 Å². The van der Waals surface area contributed by atoms with Crippen LogP contribution in [-0.2, 0) is 17.9 Å². The fourth-order valence-corrected chi connectivity index (χ4v) is 3.24. The van der Waals surface area contributed by atoms with E-state index < -0.39 is 6.10 Å². The van der Waals surface area contributed by atoms with Gasteiger partial charge < -0.3 is 19.5 Å². The number of amides is 1. The summed E-state index contributed by atoms with van der Waals surface area (Å²) in [6.07, 6.45) is -1.07. The van der Waals surface area contributed by atoms with Crippen molar-refractivity contribution in [3.8, 4) is 17.2 Å². The molecule has 2 atom stereocenters. The van der Waals surface area contributed by atoms with Gasteiger partial charge in [-0.25, -0.2) is 0 Å². The van der Waals surface area contributed by atoms with E-state index in [2.05, 4.69) is 5.32 Å². The molecule has 0 aliphatic carbocycles. The van der Waals surface area contributed by atoms with Crippen LogP contribution >= 0.6 is 0 Å².